The number of aryl methyl sites for hydroxylation is 1. The predicted octanol–water partition coefficient (Wildman–Crippen LogP) is 4.69. The summed E-state index contributed by atoms with van der Waals surface area (Å²) in [4.78, 5) is 49.7. The number of carbonyl (C=O) groups excluding carboxylic acids is 3. The van der Waals surface area contributed by atoms with E-state index in [2.05, 4.69) is 10.6 Å². The van der Waals surface area contributed by atoms with Crippen LogP contribution in [0.2, 0.25) is 0 Å². The predicted molar refractivity (Wildman–Crippen MR) is 147 cm³/mol. The van der Waals surface area contributed by atoms with Gasteiger partial charge < -0.3 is 15.2 Å². The molecule has 2 heterocycles. The minimum atomic E-state index is -0.667. The maximum atomic E-state index is 13.1. The van der Waals surface area contributed by atoms with Gasteiger partial charge in [0.15, 0.2) is 0 Å². The van der Waals surface area contributed by atoms with Crippen molar-refractivity contribution >= 4 is 46.2 Å². The van der Waals surface area contributed by atoms with Gasteiger partial charge in [-0.3, -0.25) is 19.7 Å². The van der Waals surface area contributed by atoms with Gasteiger partial charge in [0.05, 0.1) is 4.92 Å². The number of urea groups is 1. The number of aromatic nitrogens is 1. The fourth-order valence-corrected chi connectivity index (χ4v) is 4.60. The summed E-state index contributed by atoms with van der Waals surface area (Å²) < 4.78 is 1.97. The van der Waals surface area contributed by atoms with E-state index in [1.807, 2.05) is 54.1 Å². The molecule has 196 valence electrons. The van der Waals surface area contributed by atoms with Crippen LogP contribution in [0, 0.1) is 10.1 Å². The molecule has 1 aliphatic rings. The number of nitro groups is 1. The minimum Gasteiger partial charge on any atom is -0.342 e. The number of amides is 4. The van der Waals surface area contributed by atoms with Gasteiger partial charge in [0, 0.05) is 47.0 Å². The van der Waals surface area contributed by atoms with Gasteiger partial charge in [-0.1, -0.05) is 55.5 Å². The first kappa shape index (κ1) is 25.4. The summed E-state index contributed by atoms with van der Waals surface area (Å²) in [6, 6.07) is 20.6. The molecule has 10 heteroatoms. The van der Waals surface area contributed by atoms with Crippen LogP contribution in [-0.4, -0.2) is 38.8 Å². The lowest BCUT2D eigenvalue weighted by molar-refractivity contribution is -0.384. The molecule has 0 radical (unpaired) electrons. The summed E-state index contributed by atoms with van der Waals surface area (Å²) in [5.41, 5.74) is 4.16. The summed E-state index contributed by atoms with van der Waals surface area (Å²) in [5, 5.41) is 17.2. The van der Waals surface area contributed by atoms with Crippen molar-refractivity contribution < 1.29 is 19.3 Å². The minimum absolute atomic E-state index is 0.0184. The van der Waals surface area contributed by atoms with Crippen LogP contribution in [-0.2, 0) is 22.6 Å². The molecule has 1 saturated heterocycles. The SMILES string of the molecule is CCc1ccccc1NC(=O)CN1C(=O)N/C(=C/c2cn(Cc3ccc([N+](=O)[O-])cc3)c3ccccc23)C1=O. The van der Waals surface area contributed by atoms with Gasteiger partial charge in [-0.15, -0.1) is 0 Å². The molecule has 0 spiro atoms. The van der Waals surface area contributed by atoms with Crippen LogP contribution in [0.1, 0.15) is 23.6 Å². The van der Waals surface area contributed by atoms with Gasteiger partial charge in [-0.25, -0.2) is 9.69 Å². The Morgan fingerprint density at radius 3 is 2.49 bits per heavy atom. The molecule has 0 bridgehead atoms. The van der Waals surface area contributed by atoms with Crippen LogP contribution in [0.5, 0.6) is 0 Å². The highest BCUT2D eigenvalue weighted by Crippen LogP contribution is 2.26. The van der Waals surface area contributed by atoms with E-state index in [-0.39, 0.29) is 11.4 Å². The van der Waals surface area contributed by atoms with Crippen molar-refractivity contribution in [1.29, 1.82) is 0 Å². The van der Waals surface area contributed by atoms with E-state index in [0.29, 0.717) is 17.8 Å². The van der Waals surface area contributed by atoms with Gasteiger partial charge in [0.25, 0.3) is 11.6 Å². The third-order valence-corrected chi connectivity index (χ3v) is 6.56. The van der Waals surface area contributed by atoms with Gasteiger partial charge in [0.1, 0.15) is 12.2 Å². The molecule has 1 fully saturated rings. The number of imide groups is 1. The van der Waals surface area contributed by atoms with Crippen molar-refractivity contribution in [1.82, 2.24) is 14.8 Å². The molecule has 10 nitrogen and oxygen atoms in total. The molecule has 4 amide bonds. The van der Waals surface area contributed by atoms with E-state index in [0.717, 1.165) is 33.4 Å². The van der Waals surface area contributed by atoms with Crippen molar-refractivity contribution in [3.8, 4) is 0 Å². The van der Waals surface area contributed by atoms with E-state index in [4.69, 9.17) is 0 Å². The van der Waals surface area contributed by atoms with E-state index in [1.165, 1.54) is 12.1 Å². The molecule has 5 rings (SSSR count). The molecule has 0 aliphatic carbocycles. The van der Waals surface area contributed by atoms with E-state index in [1.54, 1.807) is 30.3 Å². The van der Waals surface area contributed by atoms with Crippen molar-refractivity contribution in [3.63, 3.8) is 0 Å². The van der Waals surface area contributed by atoms with Crippen molar-refractivity contribution in [2.45, 2.75) is 19.9 Å². The Bertz CT molecular complexity index is 1640. The lowest BCUT2D eigenvalue weighted by Crippen LogP contribution is -2.38. The van der Waals surface area contributed by atoms with Crippen LogP contribution in [0.4, 0.5) is 16.2 Å². The van der Waals surface area contributed by atoms with Crippen molar-refractivity contribution in [3.05, 3.63) is 111 Å². The normalized spacial score (nSPS) is 14.2. The van der Waals surface area contributed by atoms with Gasteiger partial charge in [0.2, 0.25) is 5.91 Å². The lowest BCUT2D eigenvalue weighted by atomic mass is 10.1. The van der Waals surface area contributed by atoms with Crippen LogP contribution in [0.3, 0.4) is 0 Å². The number of rotatable bonds is 8. The molecular formula is C29H25N5O5. The number of non-ortho nitro benzene ring substituents is 1. The number of benzene rings is 3. The fourth-order valence-electron chi connectivity index (χ4n) is 4.60. The maximum absolute atomic E-state index is 13.1. The third-order valence-electron chi connectivity index (χ3n) is 6.56. The Hall–Kier alpha value is -5.25. The van der Waals surface area contributed by atoms with Gasteiger partial charge >= 0.3 is 6.03 Å². The van der Waals surface area contributed by atoms with Crippen LogP contribution >= 0.6 is 0 Å². The van der Waals surface area contributed by atoms with Crippen molar-refractivity contribution in [2.75, 3.05) is 11.9 Å². The average molecular weight is 524 g/mol. The number of hydrogen-bond acceptors (Lipinski definition) is 5. The second kappa shape index (κ2) is 10.6. The molecular weight excluding hydrogens is 498 g/mol. The highest BCUT2D eigenvalue weighted by atomic mass is 16.6. The molecule has 4 aromatic rings. The molecule has 0 unspecified atom stereocenters. The Kier molecular flexibility index (Phi) is 6.92. The maximum Gasteiger partial charge on any atom is 0.329 e. The second-order valence-electron chi connectivity index (χ2n) is 9.09. The second-order valence-corrected chi connectivity index (χ2v) is 9.09. The van der Waals surface area contributed by atoms with Crippen LogP contribution in [0.25, 0.3) is 17.0 Å². The zero-order valence-electron chi connectivity index (χ0n) is 21.1. The monoisotopic (exact) mass is 523 g/mol. The number of fused-ring (bicyclic) bond motifs is 1. The quantitative estimate of drug-likeness (QED) is 0.150. The Balaban J connectivity index is 1.36. The molecule has 2 N–H and O–H groups in total. The molecule has 0 saturated carbocycles. The zero-order valence-corrected chi connectivity index (χ0v) is 21.1. The summed E-state index contributed by atoms with van der Waals surface area (Å²) in [7, 11) is 0. The largest absolute Gasteiger partial charge is 0.342 e. The van der Waals surface area contributed by atoms with Gasteiger partial charge in [-0.2, -0.15) is 0 Å². The summed E-state index contributed by atoms with van der Waals surface area (Å²) in [6.07, 6.45) is 4.18. The summed E-state index contributed by atoms with van der Waals surface area (Å²) in [6.45, 7) is 2.01. The number of nitrogens with zero attached hydrogens (tertiary/aromatic N) is 3. The molecule has 1 aromatic heterocycles. The summed E-state index contributed by atoms with van der Waals surface area (Å²) >= 11 is 0. The smallest absolute Gasteiger partial charge is 0.329 e. The zero-order chi connectivity index (χ0) is 27.5. The highest BCUT2D eigenvalue weighted by molar-refractivity contribution is 6.16. The van der Waals surface area contributed by atoms with E-state index >= 15 is 0 Å². The number of nitrogens with one attached hydrogen (secondary N) is 2. The summed E-state index contributed by atoms with van der Waals surface area (Å²) in [5.74, 6) is -1.06. The standard InChI is InChI=1S/C29H25N5O5/c1-2-20-7-3-5-9-24(20)30-27(35)18-33-28(36)25(31-29(33)37)15-21-17-32(26-10-6-4-8-23(21)26)16-19-11-13-22(14-12-19)34(38)39/h3-15,17H,2,16,18H2,1H3,(H,30,35)(H,31,37)/b25-15+. The van der Waals surface area contributed by atoms with Crippen molar-refractivity contribution in [2.24, 2.45) is 0 Å². The average Bonchev–Trinajstić information content (AvgIpc) is 3.41. The first-order valence-corrected chi connectivity index (χ1v) is 12.4. The fraction of sp³-hybridized carbons (Fsp3) is 0.138. The third kappa shape index (κ3) is 5.26. The molecule has 39 heavy (non-hydrogen) atoms. The number of para-hydroxylation sites is 2. The Labute approximate surface area is 223 Å². The number of carbonyl (C=O) groups is 3. The number of hydrogen-bond donors (Lipinski definition) is 2. The molecule has 1 aliphatic heterocycles. The van der Waals surface area contributed by atoms with Crippen LogP contribution in [0.15, 0.2) is 84.7 Å². The number of anilines is 1. The van der Waals surface area contributed by atoms with Gasteiger partial charge in [-0.05, 0) is 35.8 Å². The highest BCUT2D eigenvalue weighted by Gasteiger charge is 2.35. The molecule has 3 aromatic carbocycles. The van der Waals surface area contributed by atoms with Crippen LogP contribution < -0.4 is 10.6 Å². The topological polar surface area (TPSA) is 127 Å². The van der Waals surface area contributed by atoms with E-state index in [9.17, 15) is 24.5 Å². The Morgan fingerprint density at radius 1 is 1.03 bits per heavy atom. The van der Waals surface area contributed by atoms with E-state index < -0.39 is 29.3 Å². The molecule has 0 atom stereocenters. The first-order chi connectivity index (χ1) is 18.8. The number of nitro benzene ring substituents is 1. The Morgan fingerprint density at radius 2 is 1.74 bits per heavy atom. The lowest BCUT2D eigenvalue weighted by Gasteiger charge is -2.13. The first-order valence-electron chi connectivity index (χ1n) is 12.4.